The molecule has 35 heavy (non-hydrogen) atoms. The van der Waals surface area contributed by atoms with Crippen molar-refractivity contribution in [2.45, 2.75) is 51.9 Å². The van der Waals surface area contributed by atoms with E-state index in [0.29, 0.717) is 24.1 Å². The number of cyclic esters (lactones) is 2. The Bertz CT molecular complexity index is 1120. The smallest absolute Gasteiger partial charge is 0.338 e. The van der Waals surface area contributed by atoms with Crippen LogP contribution in [0.1, 0.15) is 59.3 Å². The normalized spacial score (nSPS) is 30.2. The molecule has 5 aliphatic rings. The van der Waals surface area contributed by atoms with Crippen LogP contribution in [0.5, 0.6) is 0 Å². The van der Waals surface area contributed by atoms with Crippen LogP contribution in [0.3, 0.4) is 0 Å². The summed E-state index contributed by atoms with van der Waals surface area (Å²) in [6.07, 6.45) is 9.21. The van der Waals surface area contributed by atoms with E-state index in [1.54, 1.807) is 6.07 Å². The zero-order valence-corrected chi connectivity index (χ0v) is 20.5. The van der Waals surface area contributed by atoms with Crippen LogP contribution in [0.4, 0.5) is 0 Å². The van der Waals surface area contributed by atoms with Gasteiger partial charge in [0.25, 0.3) is 0 Å². The first kappa shape index (κ1) is 22.8. The first-order valence-electron chi connectivity index (χ1n) is 12.9. The predicted molar refractivity (Wildman–Crippen MR) is 129 cm³/mol. The van der Waals surface area contributed by atoms with Gasteiger partial charge < -0.3 is 24.4 Å². The summed E-state index contributed by atoms with van der Waals surface area (Å²) in [7, 11) is 0. The highest BCUT2D eigenvalue weighted by molar-refractivity contribution is 5.94. The van der Waals surface area contributed by atoms with Gasteiger partial charge >= 0.3 is 11.9 Å². The Morgan fingerprint density at radius 2 is 1.94 bits per heavy atom. The van der Waals surface area contributed by atoms with Crippen molar-refractivity contribution in [2.75, 3.05) is 32.7 Å². The molecule has 1 aliphatic carbocycles. The molecular weight excluding hydrogens is 444 g/mol. The minimum Gasteiger partial charge on any atom is -0.462 e. The highest BCUT2D eigenvalue weighted by Crippen LogP contribution is 2.44. The van der Waals surface area contributed by atoms with Gasteiger partial charge in [0, 0.05) is 36.8 Å². The van der Waals surface area contributed by atoms with Gasteiger partial charge in [-0.1, -0.05) is 18.2 Å². The molecule has 0 aromatic heterocycles. The number of aliphatic hydroxyl groups is 1. The monoisotopic (exact) mass is 478 g/mol. The number of benzene rings is 1. The topological polar surface area (TPSA) is 79.3 Å². The number of β-amino-alcohol motifs (C(OH)–C–C–N with tert-alkyl or cyclic N) is 1. The summed E-state index contributed by atoms with van der Waals surface area (Å²) in [6.45, 7) is 8.94. The summed E-state index contributed by atoms with van der Waals surface area (Å²) in [6, 6.07) is 3.67. The molecule has 3 saturated heterocycles. The Labute approximate surface area is 206 Å². The van der Waals surface area contributed by atoms with Crippen LogP contribution >= 0.6 is 0 Å². The molecule has 3 unspecified atom stereocenters. The van der Waals surface area contributed by atoms with Gasteiger partial charge in [0.05, 0.1) is 17.6 Å². The zero-order valence-electron chi connectivity index (χ0n) is 20.5. The first-order valence-corrected chi connectivity index (χ1v) is 12.9. The largest absolute Gasteiger partial charge is 0.462 e. The molecular formula is C28H34N2O5. The van der Waals surface area contributed by atoms with Crippen molar-refractivity contribution >= 4 is 11.9 Å². The lowest BCUT2D eigenvalue weighted by atomic mass is 9.77. The van der Waals surface area contributed by atoms with Gasteiger partial charge in [0.1, 0.15) is 12.7 Å². The van der Waals surface area contributed by atoms with E-state index in [4.69, 9.17) is 9.47 Å². The number of aliphatic hydroxyl groups excluding tert-OH is 1. The summed E-state index contributed by atoms with van der Waals surface area (Å²) in [5.74, 6) is -0.342. The number of rotatable bonds is 4. The summed E-state index contributed by atoms with van der Waals surface area (Å²) in [5, 5.41) is 11.0. The summed E-state index contributed by atoms with van der Waals surface area (Å²) in [5.41, 5.74) is 4.97. The number of fused-ring (bicyclic) bond motifs is 2. The van der Waals surface area contributed by atoms with E-state index >= 15 is 0 Å². The molecule has 1 aromatic carbocycles. The highest BCUT2D eigenvalue weighted by atomic mass is 16.6. The maximum absolute atomic E-state index is 12.0. The summed E-state index contributed by atoms with van der Waals surface area (Å²) < 4.78 is 10.6. The number of ether oxygens (including phenoxy) is 2. The highest BCUT2D eigenvalue weighted by Gasteiger charge is 2.44. The van der Waals surface area contributed by atoms with Crippen LogP contribution < -0.4 is 0 Å². The molecule has 7 heteroatoms. The standard InChI is InChI=1S/C28H34N2O5/c1-17-20(5-6-22-24(17)15-34-26(22)32)25(31)14-29-10-7-28(8-11-29)9-12-30(16-28)19-3-4-21-23(13-19)18(2)35-27(21)33/h3-6,13,18,21,23,25,31H,7-12,14-16H2,1-2H3/t18?,21?,23?,25-/m0/s1. The van der Waals surface area contributed by atoms with Crippen molar-refractivity contribution < 1.29 is 24.2 Å². The molecule has 1 spiro atoms. The molecule has 1 aromatic rings. The molecule has 4 aliphatic heterocycles. The van der Waals surface area contributed by atoms with E-state index in [1.807, 2.05) is 26.0 Å². The van der Waals surface area contributed by atoms with Crippen molar-refractivity contribution in [1.29, 1.82) is 0 Å². The van der Waals surface area contributed by atoms with Gasteiger partial charge in [0.15, 0.2) is 0 Å². The van der Waals surface area contributed by atoms with Crippen molar-refractivity contribution in [3.05, 3.63) is 58.3 Å². The lowest BCUT2D eigenvalue weighted by molar-refractivity contribution is -0.142. The summed E-state index contributed by atoms with van der Waals surface area (Å²) in [4.78, 5) is 28.7. The minimum absolute atomic E-state index is 0.0546. The number of nitrogens with zero attached hydrogens (tertiary/aromatic N) is 2. The fourth-order valence-corrected chi connectivity index (χ4v) is 6.75. The van der Waals surface area contributed by atoms with Gasteiger partial charge in [-0.3, -0.25) is 4.79 Å². The lowest BCUT2D eigenvalue weighted by Gasteiger charge is -2.40. The Morgan fingerprint density at radius 1 is 1.17 bits per heavy atom. The minimum atomic E-state index is -0.575. The summed E-state index contributed by atoms with van der Waals surface area (Å²) >= 11 is 0. The average Bonchev–Trinajstić information content (AvgIpc) is 3.52. The molecule has 1 N–H and O–H groups in total. The second-order valence-electron chi connectivity index (χ2n) is 11.1. The first-order chi connectivity index (χ1) is 16.8. The molecule has 0 saturated carbocycles. The number of hydrogen-bond acceptors (Lipinski definition) is 7. The third-order valence-electron chi connectivity index (χ3n) is 9.09. The zero-order chi connectivity index (χ0) is 24.3. The lowest BCUT2D eigenvalue weighted by Crippen LogP contribution is -2.43. The quantitative estimate of drug-likeness (QED) is 0.666. The number of allylic oxidation sites excluding steroid dienone is 1. The van der Waals surface area contributed by atoms with Gasteiger partial charge in [-0.2, -0.15) is 0 Å². The number of esters is 2. The molecule has 4 atom stereocenters. The Morgan fingerprint density at radius 3 is 2.74 bits per heavy atom. The molecule has 3 fully saturated rings. The van der Waals surface area contributed by atoms with Crippen molar-refractivity contribution in [2.24, 2.45) is 17.3 Å². The fourth-order valence-electron chi connectivity index (χ4n) is 6.75. The van der Waals surface area contributed by atoms with Gasteiger partial charge in [-0.05, 0) is 74.9 Å². The van der Waals surface area contributed by atoms with E-state index in [9.17, 15) is 14.7 Å². The maximum Gasteiger partial charge on any atom is 0.338 e. The molecule has 0 bridgehead atoms. The average molecular weight is 479 g/mol. The number of carbonyl (C=O) groups is 2. The Balaban J connectivity index is 1.06. The van der Waals surface area contributed by atoms with Gasteiger partial charge in [-0.15, -0.1) is 0 Å². The van der Waals surface area contributed by atoms with Crippen LogP contribution in [0, 0.1) is 24.2 Å². The van der Waals surface area contributed by atoms with E-state index in [-0.39, 0.29) is 29.9 Å². The molecule has 0 amide bonds. The van der Waals surface area contributed by atoms with Gasteiger partial charge in [-0.25, -0.2) is 4.79 Å². The van der Waals surface area contributed by atoms with Crippen LogP contribution in [-0.4, -0.2) is 65.7 Å². The van der Waals surface area contributed by atoms with E-state index in [2.05, 4.69) is 22.0 Å². The molecule has 6 rings (SSSR count). The molecule has 0 radical (unpaired) electrons. The molecule has 7 nitrogen and oxygen atoms in total. The third kappa shape index (κ3) is 3.89. The predicted octanol–water partition coefficient (Wildman–Crippen LogP) is 3.12. The van der Waals surface area contributed by atoms with Gasteiger partial charge in [0.2, 0.25) is 0 Å². The third-order valence-corrected chi connectivity index (χ3v) is 9.09. The number of likely N-dealkylation sites (tertiary alicyclic amines) is 2. The van der Waals surface area contributed by atoms with Crippen molar-refractivity contribution in [3.63, 3.8) is 0 Å². The van der Waals surface area contributed by atoms with Crippen LogP contribution in [0.2, 0.25) is 0 Å². The second-order valence-corrected chi connectivity index (χ2v) is 11.1. The fraction of sp³-hybridized carbons (Fsp3) is 0.571. The van der Waals surface area contributed by atoms with Crippen LogP contribution in [0.15, 0.2) is 36.1 Å². The Kier molecular flexibility index (Phi) is 5.53. The van der Waals surface area contributed by atoms with Crippen LogP contribution in [0.25, 0.3) is 0 Å². The molecule has 4 heterocycles. The van der Waals surface area contributed by atoms with Crippen molar-refractivity contribution in [3.8, 4) is 0 Å². The van der Waals surface area contributed by atoms with Crippen molar-refractivity contribution in [1.82, 2.24) is 9.80 Å². The number of hydrogen-bond donors (Lipinski definition) is 1. The maximum atomic E-state index is 12.0. The number of carbonyl (C=O) groups excluding carboxylic acids is 2. The van der Waals surface area contributed by atoms with E-state index < -0.39 is 6.10 Å². The second kappa shape index (κ2) is 8.49. The Hall–Kier alpha value is -2.64. The van der Waals surface area contributed by atoms with E-state index in [1.165, 1.54) is 12.1 Å². The SMILES string of the molecule is Cc1c([C@@H](O)CN2CCC3(CC2)CCN(C2=CC4C(C)OC(=O)C4C=C2)C3)ccc2c1COC2=O. The van der Waals surface area contributed by atoms with Crippen LogP contribution in [-0.2, 0) is 20.9 Å². The van der Waals surface area contributed by atoms with E-state index in [0.717, 1.165) is 55.7 Å². The molecule has 186 valence electrons. The number of piperidine rings is 1.